The topological polar surface area (TPSA) is 111 Å². The fraction of sp³-hybridized carbons (Fsp3) is 0.800. The van der Waals surface area contributed by atoms with Crippen molar-refractivity contribution in [2.75, 3.05) is 13.2 Å². The van der Waals surface area contributed by atoms with Crippen molar-refractivity contribution < 1.29 is 28.7 Å². The molecule has 2 amide bonds. The molecular formula is C20H36N2O6. The van der Waals surface area contributed by atoms with Gasteiger partial charge in [-0.1, -0.05) is 27.7 Å². The van der Waals surface area contributed by atoms with Crippen molar-refractivity contribution in [3.63, 3.8) is 0 Å². The average Bonchev–Trinajstić information content (AvgIpc) is 2.58. The van der Waals surface area contributed by atoms with Gasteiger partial charge in [0.2, 0.25) is 11.8 Å². The summed E-state index contributed by atoms with van der Waals surface area (Å²) in [7, 11) is 0. The van der Waals surface area contributed by atoms with Crippen LogP contribution >= 0.6 is 0 Å². The van der Waals surface area contributed by atoms with Crippen molar-refractivity contribution in [2.45, 2.75) is 79.3 Å². The van der Waals surface area contributed by atoms with Gasteiger partial charge in [-0.3, -0.25) is 9.59 Å². The van der Waals surface area contributed by atoms with Crippen LogP contribution in [0.2, 0.25) is 0 Å². The van der Waals surface area contributed by atoms with Crippen LogP contribution in [-0.4, -0.2) is 49.1 Å². The maximum atomic E-state index is 12.0. The molecule has 2 unspecified atom stereocenters. The Bertz CT molecular complexity index is 473. The van der Waals surface area contributed by atoms with E-state index in [4.69, 9.17) is 9.47 Å². The minimum absolute atomic E-state index is 0.0433. The zero-order valence-electron chi connectivity index (χ0n) is 18.0. The summed E-state index contributed by atoms with van der Waals surface area (Å²) in [6.07, 6.45) is 3.06. The van der Waals surface area contributed by atoms with Gasteiger partial charge < -0.3 is 20.1 Å². The smallest absolute Gasteiger partial charge is 0.328 e. The maximum Gasteiger partial charge on any atom is 0.328 e. The number of hydrogen-bond donors (Lipinski definition) is 2. The summed E-state index contributed by atoms with van der Waals surface area (Å²) in [4.78, 5) is 46.3. The molecule has 0 aliphatic rings. The number of amides is 2. The van der Waals surface area contributed by atoms with E-state index in [1.165, 1.54) is 13.8 Å². The van der Waals surface area contributed by atoms with Crippen LogP contribution in [0.1, 0.15) is 67.2 Å². The molecule has 2 N–H and O–H groups in total. The Morgan fingerprint density at radius 2 is 0.964 bits per heavy atom. The lowest BCUT2D eigenvalue weighted by molar-refractivity contribution is -0.149. The Kier molecular flexibility index (Phi) is 12.9. The van der Waals surface area contributed by atoms with Crippen molar-refractivity contribution >= 4 is 23.8 Å². The maximum absolute atomic E-state index is 12.0. The Hall–Kier alpha value is -2.12. The first-order chi connectivity index (χ1) is 13.1. The third-order valence-electron chi connectivity index (χ3n) is 4.09. The van der Waals surface area contributed by atoms with Gasteiger partial charge in [-0.15, -0.1) is 0 Å². The summed E-state index contributed by atoms with van der Waals surface area (Å²) in [6.45, 7) is 10.7. The van der Waals surface area contributed by atoms with Crippen LogP contribution in [0.25, 0.3) is 0 Å². The molecule has 0 fully saturated rings. The van der Waals surface area contributed by atoms with E-state index >= 15 is 0 Å². The zero-order chi connectivity index (χ0) is 21.7. The highest BCUT2D eigenvalue weighted by molar-refractivity contribution is 5.84. The van der Waals surface area contributed by atoms with Gasteiger partial charge in [0.25, 0.3) is 0 Å². The van der Waals surface area contributed by atoms with E-state index in [9.17, 15) is 19.2 Å². The van der Waals surface area contributed by atoms with Crippen LogP contribution in [0, 0.1) is 11.8 Å². The first kappa shape index (κ1) is 25.9. The van der Waals surface area contributed by atoms with E-state index in [1.807, 2.05) is 27.7 Å². The number of hydrogen-bond acceptors (Lipinski definition) is 6. The molecule has 0 aliphatic heterocycles. The number of carbonyl (C=O) groups excluding carboxylic acids is 4. The first-order valence-corrected chi connectivity index (χ1v) is 9.93. The summed E-state index contributed by atoms with van der Waals surface area (Å²) in [5.41, 5.74) is 0. The third-order valence-corrected chi connectivity index (χ3v) is 4.09. The van der Waals surface area contributed by atoms with E-state index in [1.54, 1.807) is 0 Å². The second-order valence-electron chi connectivity index (χ2n) is 7.59. The molecule has 0 aromatic heterocycles. The average molecular weight is 401 g/mol. The van der Waals surface area contributed by atoms with Gasteiger partial charge in [-0.05, 0) is 37.5 Å². The third kappa shape index (κ3) is 11.6. The Morgan fingerprint density at radius 3 is 1.21 bits per heavy atom. The summed E-state index contributed by atoms with van der Waals surface area (Å²) in [6, 6.07) is -1.26. The number of carbonyl (C=O) groups is 4. The molecule has 0 saturated carbocycles. The zero-order valence-corrected chi connectivity index (χ0v) is 18.0. The highest BCUT2D eigenvalue weighted by Gasteiger charge is 2.25. The number of ether oxygens (including phenoxy) is 2. The van der Waals surface area contributed by atoms with Crippen LogP contribution in [0.5, 0.6) is 0 Å². The minimum atomic E-state index is -0.630. The van der Waals surface area contributed by atoms with Crippen LogP contribution in [0.15, 0.2) is 0 Å². The van der Waals surface area contributed by atoms with Crippen molar-refractivity contribution in [3.8, 4) is 0 Å². The molecule has 0 saturated heterocycles. The summed E-state index contributed by atoms with van der Waals surface area (Å²) < 4.78 is 10.5. The Morgan fingerprint density at radius 1 is 0.643 bits per heavy atom. The number of esters is 2. The van der Waals surface area contributed by atoms with Crippen molar-refractivity contribution in [3.05, 3.63) is 0 Å². The lowest BCUT2D eigenvalue weighted by Crippen LogP contribution is -2.44. The lowest BCUT2D eigenvalue weighted by Gasteiger charge is -2.20. The second-order valence-corrected chi connectivity index (χ2v) is 7.59. The van der Waals surface area contributed by atoms with Crippen molar-refractivity contribution in [1.29, 1.82) is 0 Å². The molecule has 2 atom stereocenters. The van der Waals surface area contributed by atoms with Gasteiger partial charge in [0.05, 0.1) is 13.2 Å². The van der Waals surface area contributed by atoms with Crippen LogP contribution in [-0.2, 0) is 28.7 Å². The molecule has 28 heavy (non-hydrogen) atoms. The molecule has 0 heterocycles. The summed E-state index contributed by atoms with van der Waals surface area (Å²) in [5.74, 6) is -1.45. The largest absolute Gasteiger partial charge is 0.464 e. The van der Waals surface area contributed by atoms with Crippen molar-refractivity contribution in [2.24, 2.45) is 11.8 Å². The van der Waals surface area contributed by atoms with Gasteiger partial charge in [-0.2, -0.15) is 0 Å². The monoisotopic (exact) mass is 400 g/mol. The fourth-order valence-corrected chi connectivity index (χ4v) is 2.52. The van der Waals surface area contributed by atoms with Gasteiger partial charge in [-0.25, -0.2) is 9.59 Å². The molecule has 0 spiro atoms. The molecule has 8 nitrogen and oxygen atoms in total. The highest BCUT2D eigenvalue weighted by atomic mass is 16.5. The van der Waals surface area contributed by atoms with E-state index in [0.717, 1.165) is 12.8 Å². The molecular weight excluding hydrogens is 364 g/mol. The number of unbranched alkanes of at least 4 members (excludes halogenated alkanes) is 3. The van der Waals surface area contributed by atoms with E-state index in [0.29, 0.717) is 26.1 Å². The molecule has 162 valence electrons. The van der Waals surface area contributed by atoms with E-state index in [-0.39, 0.29) is 23.7 Å². The summed E-state index contributed by atoms with van der Waals surface area (Å²) >= 11 is 0. The second kappa shape index (κ2) is 14.0. The molecule has 0 radical (unpaired) electrons. The van der Waals surface area contributed by atoms with Gasteiger partial charge in [0, 0.05) is 13.8 Å². The predicted octanol–water partition coefficient (Wildman–Crippen LogP) is 1.95. The van der Waals surface area contributed by atoms with Crippen LogP contribution < -0.4 is 10.6 Å². The standard InChI is InChI=1S/C20H36N2O6/c1-13(2)17(21-15(5)23)19(25)27-11-9-7-8-10-12-28-20(26)18(14(3)4)22-16(6)24/h13-14,17-18H,7-12H2,1-6H3,(H,21,23)(H,22,24). The molecule has 0 aromatic rings. The Balaban J connectivity index is 3.94. The Labute approximate surface area is 168 Å². The van der Waals surface area contributed by atoms with Crippen LogP contribution in [0.3, 0.4) is 0 Å². The lowest BCUT2D eigenvalue weighted by atomic mass is 10.0. The van der Waals surface area contributed by atoms with Crippen LogP contribution in [0.4, 0.5) is 0 Å². The minimum Gasteiger partial charge on any atom is -0.464 e. The predicted molar refractivity (Wildman–Crippen MR) is 105 cm³/mol. The molecule has 0 aliphatic carbocycles. The summed E-state index contributed by atoms with van der Waals surface area (Å²) in [5, 5.41) is 5.20. The quantitative estimate of drug-likeness (QED) is 0.361. The van der Waals surface area contributed by atoms with E-state index in [2.05, 4.69) is 10.6 Å². The SMILES string of the molecule is CC(=O)NC(C(=O)OCCCCCCOC(=O)C(NC(C)=O)C(C)C)C(C)C. The van der Waals surface area contributed by atoms with E-state index < -0.39 is 24.0 Å². The molecule has 0 rings (SSSR count). The highest BCUT2D eigenvalue weighted by Crippen LogP contribution is 2.08. The molecule has 8 heteroatoms. The number of rotatable bonds is 13. The van der Waals surface area contributed by atoms with Gasteiger partial charge in [0.15, 0.2) is 0 Å². The normalized spacial score (nSPS) is 13.0. The first-order valence-electron chi connectivity index (χ1n) is 9.93. The molecule has 0 bridgehead atoms. The molecule has 0 aromatic carbocycles. The number of nitrogens with one attached hydrogen (secondary N) is 2. The van der Waals surface area contributed by atoms with Gasteiger partial charge in [0.1, 0.15) is 12.1 Å². The van der Waals surface area contributed by atoms with Gasteiger partial charge >= 0.3 is 11.9 Å². The fourth-order valence-electron chi connectivity index (χ4n) is 2.52. The van der Waals surface area contributed by atoms with Crippen molar-refractivity contribution in [1.82, 2.24) is 10.6 Å².